The molecule has 9 aromatic rings. The molecule has 0 aliphatic heterocycles. The zero-order valence-electron chi connectivity index (χ0n) is 41.4. The molecule has 0 aromatic heterocycles. The smallest absolute Gasteiger partial charge is 0.0462 e. The van der Waals surface area contributed by atoms with Crippen LogP contribution in [0.1, 0.15) is 58.4 Å². The summed E-state index contributed by atoms with van der Waals surface area (Å²) in [5, 5.41) is 0. The van der Waals surface area contributed by atoms with Crippen LogP contribution in [0.5, 0.6) is 0 Å². The van der Waals surface area contributed by atoms with Crippen LogP contribution in [-0.2, 0) is 0 Å². The third-order valence-electron chi connectivity index (χ3n) is 13.8. The highest BCUT2D eigenvalue weighted by Gasteiger charge is 2.18. The first-order valence-electron chi connectivity index (χ1n) is 24.9. The van der Waals surface area contributed by atoms with Crippen molar-refractivity contribution in [2.45, 2.75) is 34.6 Å². The molecule has 0 saturated heterocycles. The Morgan fingerprint density at radius 1 is 0.338 bits per heavy atom. The number of hydrogen-bond donors (Lipinski definition) is 0. The Labute approximate surface area is 421 Å². The number of rotatable bonds is 13. The SMILES string of the molecule is Cc1ccc(C(=Cc2ccc(N(c3ccccc3)c3ccc(-c4ccc(N(c5ccccc5)c5ccc(/C=C(/C6=CC(C)C(C)C=C6)c6ccc(C)cc6)cc5)cc4)cc3)cc2)c2ccc(C)cc2)cc1. The van der Waals surface area contributed by atoms with E-state index in [1.54, 1.807) is 0 Å². The second-order valence-electron chi connectivity index (χ2n) is 19.0. The summed E-state index contributed by atoms with van der Waals surface area (Å²) in [6, 6.07) is 83.6. The van der Waals surface area contributed by atoms with Gasteiger partial charge in [-0.05, 0) is 173 Å². The summed E-state index contributed by atoms with van der Waals surface area (Å²) in [5.41, 5.74) is 22.4. The molecule has 0 amide bonds. The molecule has 0 saturated carbocycles. The zero-order chi connectivity index (χ0) is 48.7. The number of nitrogens with zero attached hydrogens (tertiary/aromatic N) is 2. The fraction of sp³-hybridized carbons (Fsp3) is 0.101. The van der Waals surface area contributed by atoms with Crippen LogP contribution in [0.25, 0.3) is 34.4 Å². The third kappa shape index (κ3) is 10.7. The predicted molar refractivity (Wildman–Crippen MR) is 305 cm³/mol. The maximum absolute atomic E-state index is 2.42. The van der Waals surface area contributed by atoms with Gasteiger partial charge in [-0.15, -0.1) is 0 Å². The van der Waals surface area contributed by atoms with Crippen molar-refractivity contribution in [3.8, 4) is 11.1 Å². The van der Waals surface area contributed by atoms with Crippen molar-refractivity contribution in [2.24, 2.45) is 11.8 Å². The lowest BCUT2D eigenvalue weighted by molar-refractivity contribution is 0.550. The lowest BCUT2D eigenvalue weighted by Crippen LogP contribution is -2.10. The summed E-state index contributed by atoms with van der Waals surface area (Å²) in [4.78, 5) is 4.66. The molecule has 0 radical (unpaired) electrons. The third-order valence-corrected chi connectivity index (χ3v) is 13.8. The van der Waals surface area contributed by atoms with Crippen molar-refractivity contribution in [1.29, 1.82) is 0 Å². The first-order chi connectivity index (χ1) is 34.7. The standard InChI is InChI=1S/C69H60N2/c1-49-16-27-58(28-17-49)68(59-29-18-50(2)19-30-59)47-54-23-38-64(39-24-54)70(62-12-8-6-9-13-62)66-42-34-56(35-43-66)57-36-44-67(45-37-57)71(63-14-10-7-11-15-63)65-40-25-55(26-41-65)48-69(60-31-20-51(3)21-32-60)61-33-22-52(4)53(5)46-61/h6-48,52-53H,1-5H3/b69-48+. The molecule has 1 aliphatic rings. The number of hydrogen-bond acceptors (Lipinski definition) is 2. The van der Waals surface area contributed by atoms with E-state index in [0.29, 0.717) is 11.8 Å². The van der Waals surface area contributed by atoms with Crippen LogP contribution in [-0.4, -0.2) is 0 Å². The Hall–Kier alpha value is -8.46. The molecule has 0 spiro atoms. The van der Waals surface area contributed by atoms with E-state index in [0.717, 1.165) is 56.4 Å². The van der Waals surface area contributed by atoms with E-state index < -0.39 is 0 Å². The van der Waals surface area contributed by atoms with Gasteiger partial charge in [-0.2, -0.15) is 0 Å². The summed E-state index contributed by atoms with van der Waals surface area (Å²) < 4.78 is 0. The Kier molecular flexibility index (Phi) is 13.7. The average molecular weight is 917 g/mol. The van der Waals surface area contributed by atoms with Crippen molar-refractivity contribution in [1.82, 2.24) is 0 Å². The first-order valence-corrected chi connectivity index (χ1v) is 24.9. The minimum absolute atomic E-state index is 0.480. The number of benzene rings is 9. The molecular formula is C69H60N2. The second-order valence-corrected chi connectivity index (χ2v) is 19.0. The van der Waals surface area contributed by atoms with Crippen LogP contribution in [0.3, 0.4) is 0 Å². The van der Waals surface area contributed by atoms with Gasteiger partial charge in [-0.25, -0.2) is 0 Å². The second kappa shape index (κ2) is 21.0. The molecular weight excluding hydrogens is 857 g/mol. The topological polar surface area (TPSA) is 6.48 Å². The summed E-state index contributed by atoms with van der Waals surface area (Å²) in [6.07, 6.45) is 11.7. The number of allylic oxidation sites excluding steroid dienone is 5. The first kappa shape index (κ1) is 46.3. The highest BCUT2D eigenvalue weighted by molar-refractivity contribution is 5.94. The van der Waals surface area contributed by atoms with Gasteiger partial charge in [-0.3, -0.25) is 0 Å². The van der Waals surface area contributed by atoms with Crippen molar-refractivity contribution in [3.05, 3.63) is 299 Å². The van der Waals surface area contributed by atoms with Gasteiger partial charge in [-0.1, -0.05) is 206 Å². The molecule has 2 heteroatoms. The van der Waals surface area contributed by atoms with E-state index in [1.165, 1.54) is 50.1 Å². The highest BCUT2D eigenvalue weighted by Crippen LogP contribution is 2.40. The summed E-state index contributed by atoms with van der Waals surface area (Å²) in [6.45, 7) is 11.0. The molecule has 0 fully saturated rings. The molecule has 346 valence electrons. The molecule has 0 N–H and O–H groups in total. The van der Waals surface area contributed by atoms with Crippen molar-refractivity contribution in [2.75, 3.05) is 9.80 Å². The molecule has 9 aromatic carbocycles. The molecule has 2 unspecified atom stereocenters. The van der Waals surface area contributed by atoms with Crippen LogP contribution < -0.4 is 9.80 Å². The Bertz CT molecular complexity index is 3280. The minimum atomic E-state index is 0.480. The van der Waals surface area contributed by atoms with Gasteiger partial charge in [0, 0.05) is 34.1 Å². The fourth-order valence-corrected chi connectivity index (χ4v) is 9.39. The maximum atomic E-state index is 2.42. The van der Waals surface area contributed by atoms with Crippen molar-refractivity contribution < 1.29 is 0 Å². The summed E-state index contributed by atoms with van der Waals surface area (Å²) in [5.74, 6) is 1.01. The van der Waals surface area contributed by atoms with E-state index in [4.69, 9.17) is 0 Å². The maximum Gasteiger partial charge on any atom is 0.0462 e. The monoisotopic (exact) mass is 916 g/mol. The minimum Gasteiger partial charge on any atom is -0.311 e. The predicted octanol–water partition coefficient (Wildman–Crippen LogP) is 19.1. The average Bonchev–Trinajstić information content (AvgIpc) is 3.41. The van der Waals surface area contributed by atoms with Gasteiger partial charge in [0.2, 0.25) is 0 Å². The summed E-state index contributed by atoms with van der Waals surface area (Å²) >= 11 is 0. The lowest BCUT2D eigenvalue weighted by atomic mass is 9.84. The molecule has 71 heavy (non-hydrogen) atoms. The number of anilines is 6. The van der Waals surface area contributed by atoms with Crippen LogP contribution >= 0.6 is 0 Å². The molecule has 0 bridgehead atoms. The molecule has 10 rings (SSSR count). The van der Waals surface area contributed by atoms with Gasteiger partial charge in [0.05, 0.1) is 0 Å². The van der Waals surface area contributed by atoms with Gasteiger partial charge in [0.25, 0.3) is 0 Å². The largest absolute Gasteiger partial charge is 0.311 e. The highest BCUT2D eigenvalue weighted by atomic mass is 15.1. The van der Waals surface area contributed by atoms with Crippen LogP contribution in [0, 0.1) is 32.6 Å². The normalized spacial score (nSPS) is 14.4. The van der Waals surface area contributed by atoms with Gasteiger partial charge < -0.3 is 9.80 Å². The Morgan fingerprint density at radius 2 is 0.662 bits per heavy atom. The Morgan fingerprint density at radius 3 is 1.03 bits per heavy atom. The lowest BCUT2D eigenvalue weighted by Gasteiger charge is -2.26. The van der Waals surface area contributed by atoms with E-state index >= 15 is 0 Å². The van der Waals surface area contributed by atoms with Crippen LogP contribution in [0.2, 0.25) is 0 Å². The van der Waals surface area contributed by atoms with E-state index in [1.807, 2.05) is 0 Å². The van der Waals surface area contributed by atoms with Gasteiger partial charge >= 0.3 is 0 Å². The van der Waals surface area contributed by atoms with E-state index in [2.05, 4.69) is 305 Å². The zero-order valence-corrected chi connectivity index (χ0v) is 41.4. The molecule has 2 nitrogen and oxygen atoms in total. The fourth-order valence-electron chi connectivity index (χ4n) is 9.39. The van der Waals surface area contributed by atoms with Gasteiger partial charge in [0.15, 0.2) is 0 Å². The number of aryl methyl sites for hydroxylation is 3. The molecule has 1 aliphatic carbocycles. The van der Waals surface area contributed by atoms with Crippen LogP contribution in [0.4, 0.5) is 34.1 Å². The molecule has 2 atom stereocenters. The van der Waals surface area contributed by atoms with Crippen molar-refractivity contribution >= 4 is 57.4 Å². The van der Waals surface area contributed by atoms with E-state index in [9.17, 15) is 0 Å². The van der Waals surface area contributed by atoms with Crippen LogP contribution in [0.15, 0.2) is 254 Å². The summed E-state index contributed by atoms with van der Waals surface area (Å²) in [7, 11) is 0. The number of para-hydroxylation sites is 2. The van der Waals surface area contributed by atoms with E-state index in [-0.39, 0.29) is 0 Å². The Balaban J connectivity index is 0.918. The van der Waals surface area contributed by atoms with Crippen molar-refractivity contribution in [3.63, 3.8) is 0 Å². The quantitative estimate of drug-likeness (QED) is 0.106. The molecule has 0 heterocycles. The van der Waals surface area contributed by atoms with Gasteiger partial charge in [0.1, 0.15) is 0 Å².